The summed E-state index contributed by atoms with van der Waals surface area (Å²) in [6.07, 6.45) is 42.8. The maximum Gasteiger partial charge on any atom is 0.472 e. The Hall–Kier alpha value is -1.55. The Bertz CT molecular complexity index is 1000. The quantitative estimate of drug-likeness (QED) is 0.0234. The van der Waals surface area contributed by atoms with E-state index in [9.17, 15) is 24.2 Å². The summed E-state index contributed by atoms with van der Waals surface area (Å²) in [6, 6.07) is 0. The number of phosphoric ester groups is 1. The Labute approximate surface area is 348 Å². The number of ether oxygens (including phenoxy) is 2. The molecular formula is C46H87O10P. The molecule has 0 saturated heterocycles. The van der Waals surface area contributed by atoms with Crippen LogP contribution in [0.5, 0.6) is 0 Å². The second-order valence-corrected chi connectivity index (χ2v) is 17.2. The summed E-state index contributed by atoms with van der Waals surface area (Å²) in [4.78, 5) is 35.0. The third kappa shape index (κ3) is 42.4. The van der Waals surface area contributed by atoms with Gasteiger partial charge < -0.3 is 24.6 Å². The van der Waals surface area contributed by atoms with Gasteiger partial charge in [0.1, 0.15) is 12.7 Å². The molecule has 0 aliphatic carbocycles. The Kier molecular flexibility index (Phi) is 41.4. The molecule has 0 spiro atoms. The number of esters is 2. The van der Waals surface area contributed by atoms with Crippen LogP contribution in [0.2, 0.25) is 0 Å². The van der Waals surface area contributed by atoms with E-state index < -0.39 is 51.8 Å². The Balaban J connectivity index is 4.22. The zero-order chi connectivity index (χ0) is 41.9. The molecule has 0 aliphatic heterocycles. The van der Waals surface area contributed by atoms with Crippen LogP contribution in [0.15, 0.2) is 24.3 Å². The van der Waals surface area contributed by atoms with Crippen molar-refractivity contribution in [3.8, 4) is 0 Å². The van der Waals surface area contributed by atoms with Gasteiger partial charge in [0.05, 0.1) is 19.8 Å². The molecule has 0 heterocycles. The summed E-state index contributed by atoms with van der Waals surface area (Å²) < 4.78 is 32.8. The number of phosphoric acid groups is 1. The average Bonchev–Trinajstić information content (AvgIpc) is 3.20. The normalized spacial score (nSPS) is 14.0. The van der Waals surface area contributed by atoms with Gasteiger partial charge in [-0.2, -0.15) is 0 Å². The number of hydrogen-bond acceptors (Lipinski definition) is 9. The van der Waals surface area contributed by atoms with Crippen LogP contribution in [0, 0.1) is 0 Å². The predicted molar refractivity (Wildman–Crippen MR) is 233 cm³/mol. The number of carbonyl (C=O) groups is 2. The predicted octanol–water partition coefficient (Wildman–Crippen LogP) is 12.6. The van der Waals surface area contributed by atoms with Crippen molar-refractivity contribution in [3.05, 3.63) is 24.3 Å². The third-order valence-electron chi connectivity index (χ3n) is 10.1. The van der Waals surface area contributed by atoms with Gasteiger partial charge >= 0.3 is 19.8 Å². The van der Waals surface area contributed by atoms with Crippen molar-refractivity contribution in [2.24, 2.45) is 0 Å². The number of aliphatic hydroxyl groups excluding tert-OH is 2. The first-order valence-corrected chi connectivity index (χ1v) is 24.8. The topological polar surface area (TPSA) is 149 Å². The molecule has 11 heteroatoms. The van der Waals surface area contributed by atoms with Crippen LogP contribution in [-0.4, -0.2) is 65.7 Å². The van der Waals surface area contributed by atoms with E-state index in [4.69, 9.17) is 23.6 Å². The van der Waals surface area contributed by atoms with Gasteiger partial charge in [0, 0.05) is 12.8 Å². The molecule has 0 rings (SSSR count). The van der Waals surface area contributed by atoms with Crippen LogP contribution < -0.4 is 0 Å². The average molecular weight is 831 g/mol. The highest BCUT2D eigenvalue weighted by atomic mass is 31.2. The molecule has 57 heavy (non-hydrogen) atoms. The van der Waals surface area contributed by atoms with Crippen LogP contribution >= 0.6 is 7.82 Å². The summed E-state index contributed by atoms with van der Waals surface area (Å²) in [5.74, 6) is -0.925. The molecule has 0 radical (unpaired) electrons. The Morgan fingerprint density at radius 3 is 1.28 bits per heavy atom. The molecule has 0 amide bonds. The summed E-state index contributed by atoms with van der Waals surface area (Å²) >= 11 is 0. The Morgan fingerprint density at radius 2 is 0.860 bits per heavy atom. The fraction of sp³-hybridized carbons (Fsp3) is 0.870. The van der Waals surface area contributed by atoms with E-state index in [2.05, 4.69) is 38.2 Å². The lowest BCUT2D eigenvalue weighted by atomic mass is 10.1. The lowest BCUT2D eigenvalue weighted by Gasteiger charge is -2.20. The van der Waals surface area contributed by atoms with Crippen molar-refractivity contribution in [3.63, 3.8) is 0 Å². The van der Waals surface area contributed by atoms with Crippen molar-refractivity contribution in [2.45, 2.75) is 232 Å². The van der Waals surface area contributed by atoms with Gasteiger partial charge in [0.25, 0.3) is 0 Å². The van der Waals surface area contributed by atoms with Crippen LogP contribution in [0.3, 0.4) is 0 Å². The van der Waals surface area contributed by atoms with Gasteiger partial charge in [-0.3, -0.25) is 18.6 Å². The third-order valence-corrected chi connectivity index (χ3v) is 11.0. The summed E-state index contributed by atoms with van der Waals surface area (Å²) in [7, 11) is -4.62. The van der Waals surface area contributed by atoms with Gasteiger partial charge in [0.15, 0.2) is 6.10 Å². The lowest BCUT2D eigenvalue weighted by Crippen LogP contribution is -2.29. The summed E-state index contributed by atoms with van der Waals surface area (Å²) in [6.45, 7) is 2.38. The largest absolute Gasteiger partial charge is 0.472 e. The highest BCUT2D eigenvalue weighted by Gasteiger charge is 2.27. The lowest BCUT2D eigenvalue weighted by molar-refractivity contribution is -0.161. The SMILES string of the molecule is CCCCCC/C=C/CCCCCCCCCC(=O)O[C@H](COC(=O)CCCCCCCCCCC/C=C/CCCCCCCC)COP(=O)(O)OC[C@@H](O)CO. The van der Waals surface area contributed by atoms with Crippen molar-refractivity contribution in [1.82, 2.24) is 0 Å². The summed E-state index contributed by atoms with van der Waals surface area (Å²) in [5.41, 5.74) is 0. The molecule has 3 atom stereocenters. The molecule has 0 aromatic heterocycles. The minimum Gasteiger partial charge on any atom is -0.462 e. The second kappa shape index (κ2) is 42.6. The van der Waals surface area contributed by atoms with Crippen molar-refractivity contribution in [2.75, 3.05) is 26.4 Å². The standard InChI is InChI=1S/C46H87O10P/c1-3-5-7-9-11-13-15-17-19-20-21-22-24-25-27-29-31-33-35-37-45(49)53-41-44(42-55-57(51,52)54-40-43(48)39-47)56-46(50)38-36-34-32-30-28-26-23-18-16-14-12-10-8-6-4-2/h14,16-17,19,43-44,47-48H,3-13,15,18,20-42H2,1-2H3,(H,51,52)/b16-14+,19-17+/t43-,44+/m0/s1. The highest BCUT2D eigenvalue weighted by Crippen LogP contribution is 2.43. The molecular weight excluding hydrogens is 743 g/mol. The molecule has 0 bridgehead atoms. The maximum absolute atomic E-state index is 12.6. The monoisotopic (exact) mass is 831 g/mol. The minimum absolute atomic E-state index is 0.181. The van der Waals surface area contributed by atoms with E-state index >= 15 is 0 Å². The number of unbranched alkanes of at least 4 members (excludes halogenated alkanes) is 26. The number of carbonyl (C=O) groups excluding carboxylic acids is 2. The molecule has 0 aromatic carbocycles. The second-order valence-electron chi connectivity index (χ2n) is 15.8. The molecule has 336 valence electrons. The smallest absolute Gasteiger partial charge is 0.462 e. The zero-order valence-electron chi connectivity index (χ0n) is 36.6. The molecule has 0 fully saturated rings. The first kappa shape index (κ1) is 55.5. The first-order valence-electron chi connectivity index (χ1n) is 23.3. The van der Waals surface area contributed by atoms with Crippen LogP contribution in [0.1, 0.15) is 219 Å². The van der Waals surface area contributed by atoms with Crippen LogP contribution in [0.25, 0.3) is 0 Å². The Morgan fingerprint density at radius 1 is 0.509 bits per heavy atom. The van der Waals surface area contributed by atoms with Gasteiger partial charge in [-0.05, 0) is 64.2 Å². The van der Waals surface area contributed by atoms with Gasteiger partial charge in [-0.25, -0.2) is 4.57 Å². The summed E-state index contributed by atoms with van der Waals surface area (Å²) in [5, 5.41) is 18.3. The first-order chi connectivity index (χ1) is 27.7. The van der Waals surface area contributed by atoms with E-state index in [1.54, 1.807) is 0 Å². The number of aliphatic hydroxyl groups is 2. The fourth-order valence-corrected chi connectivity index (χ4v) is 7.24. The van der Waals surface area contributed by atoms with E-state index in [0.717, 1.165) is 44.9 Å². The molecule has 0 aromatic rings. The number of rotatable bonds is 44. The van der Waals surface area contributed by atoms with E-state index in [1.807, 2.05) is 0 Å². The molecule has 0 saturated carbocycles. The molecule has 0 aliphatic rings. The van der Waals surface area contributed by atoms with E-state index in [0.29, 0.717) is 12.8 Å². The zero-order valence-corrected chi connectivity index (χ0v) is 37.5. The highest BCUT2D eigenvalue weighted by molar-refractivity contribution is 7.47. The van der Waals surface area contributed by atoms with Crippen molar-refractivity contribution in [1.29, 1.82) is 0 Å². The number of hydrogen-bond donors (Lipinski definition) is 3. The molecule has 1 unspecified atom stereocenters. The molecule has 3 N–H and O–H groups in total. The van der Waals surface area contributed by atoms with E-state index in [-0.39, 0.29) is 19.4 Å². The van der Waals surface area contributed by atoms with Gasteiger partial charge in [0.2, 0.25) is 0 Å². The van der Waals surface area contributed by atoms with Crippen LogP contribution in [0.4, 0.5) is 0 Å². The minimum atomic E-state index is -4.62. The molecule has 10 nitrogen and oxygen atoms in total. The van der Waals surface area contributed by atoms with Crippen molar-refractivity contribution >= 4 is 19.8 Å². The maximum atomic E-state index is 12.6. The van der Waals surface area contributed by atoms with Crippen molar-refractivity contribution < 1.29 is 47.8 Å². The fourth-order valence-electron chi connectivity index (χ4n) is 6.45. The number of allylic oxidation sites excluding steroid dienone is 4. The van der Waals surface area contributed by atoms with E-state index in [1.165, 1.54) is 135 Å². The van der Waals surface area contributed by atoms with Gasteiger partial charge in [-0.15, -0.1) is 0 Å². The van der Waals surface area contributed by atoms with Gasteiger partial charge in [-0.1, -0.05) is 167 Å². The van der Waals surface area contributed by atoms with Crippen LogP contribution in [-0.2, 0) is 32.7 Å².